The van der Waals surface area contributed by atoms with Crippen molar-refractivity contribution < 1.29 is 14.3 Å². The molecule has 2 atom stereocenters. The summed E-state index contributed by atoms with van der Waals surface area (Å²) >= 11 is 0. The molecule has 0 radical (unpaired) electrons. The fraction of sp³-hybridized carbons (Fsp3) is 0.500. The third kappa shape index (κ3) is 2.66. The van der Waals surface area contributed by atoms with Crippen molar-refractivity contribution in [2.75, 3.05) is 24.8 Å². The van der Waals surface area contributed by atoms with Gasteiger partial charge < -0.3 is 20.5 Å². The van der Waals surface area contributed by atoms with Crippen molar-refractivity contribution in [3.63, 3.8) is 0 Å². The fourth-order valence-corrected chi connectivity index (χ4v) is 2.23. The Labute approximate surface area is 113 Å². The number of anilines is 2. The Kier molecular flexibility index (Phi) is 3.66. The van der Waals surface area contributed by atoms with Crippen molar-refractivity contribution in [2.24, 2.45) is 0 Å². The molecule has 0 saturated carbocycles. The number of methoxy groups -OCH3 is 1. The average molecular weight is 264 g/mol. The van der Waals surface area contributed by atoms with E-state index in [1.807, 2.05) is 6.92 Å². The summed E-state index contributed by atoms with van der Waals surface area (Å²) < 4.78 is 10.2. The van der Waals surface area contributed by atoms with Gasteiger partial charge in [-0.15, -0.1) is 0 Å². The summed E-state index contributed by atoms with van der Waals surface area (Å²) in [6.45, 7) is 4.89. The normalized spacial score (nSPS) is 26.2. The van der Waals surface area contributed by atoms with Crippen molar-refractivity contribution in [1.29, 1.82) is 0 Å². The van der Waals surface area contributed by atoms with E-state index in [9.17, 15) is 4.79 Å². The molecule has 2 rings (SSSR count). The number of nitrogens with two attached hydrogens (primary N) is 1. The second kappa shape index (κ2) is 5.09. The molecule has 1 heterocycles. The van der Waals surface area contributed by atoms with Crippen LogP contribution >= 0.6 is 0 Å². The van der Waals surface area contributed by atoms with Gasteiger partial charge in [0.25, 0.3) is 0 Å². The van der Waals surface area contributed by atoms with E-state index in [1.165, 1.54) is 7.11 Å². The van der Waals surface area contributed by atoms with Crippen LogP contribution in [0, 0.1) is 0 Å². The van der Waals surface area contributed by atoms with Gasteiger partial charge in [0.2, 0.25) is 0 Å². The summed E-state index contributed by atoms with van der Waals surface area (Å²) in [5, 5.41) is 3.42. The van der Waals surface area contributed by atoms with E-state index >= 15 is 0 Å². The Bertz CT molecular complexity index is 490. The van der Waals surface area contributed by atoms with Crippen LogP contribution in [0.25, 0.3) is 0 Å². The first-order chi connectivity index (χ1) is 8.96. The highest BCUT2D eigenvalue weighted by Crippen LogP contribution is 2.32. The molecule has 1 aromatic carbocycles. The highest BCUT2D eigenvalue weighted by Gasteiger charge is 2.37. The smallest absolute Gasteiger partial charge is 0.337 e. The lowest BCUT2D eigenvalue weighted by Crippen LogP contribution is -2.41. The van der Waals surface area contributed by atoms with Gasteiger partial charge in [0.05, 0.1) is 35.7 Å². The van der Waals surface area contributed by atoms with Crippen LogP contribution < -0.4 is 11.1 Å². The molecule has 19 heavy (non-hydrogen) atoms. The maximum absolute atomic E-state index is 11.4. The zero-order chi connectivity index (χ0) is 14.0. The number of hydrogen-bond donors (Lipinski definition) is 2. The molecule has 1 aliphatic rings. The van der Waals surface area contributed by atoms with E-state index in [-0.39, 0.29) is 17.6 Å². The zero-order valence-corrected chi connectivity index (χ0v) is 11.5. The molecule has 0 aromatic heterocycles. The second-order valence-corrected chi connectivity index (χ2v) is 5.10. The Morgan fingerprint density at radius 2 is 2.32 bits per heavy atom. The van der Waals surface area contributed by atoms with E-state index in [2.05, 4.69) is 17.0 Å². The van der Waals surface area contributed by atoms with Crippen LogP contribution in [-0.4, -0.2) is 31.3 Å². The van der Waals surface area contributed by atoms with E-state index in [0.29, 0.717) is 11.3 Å². The number of carbonyl (C=O) groups excluding carboxylic acids is 1. The minimum absolute atomic E-state index is 0.118. The highest BCUT2D eigenvalue weighted by molar-refractivity contribution is 5.91. The van der Waals surface area contributed by atoms with Gasteiger partial charge in [0.1, 0.15) is 0 Å². The standard InChI is InChI=1S/C14H20N2O3/c1-9-14(2,6-7-19-9)16-12-5-4-10(8-11(12)15)13(17)18-3/h4-5,8-9,16H,6-7,15H2,1-3H3. The molecule has 0 bridgehead atoms. The predicted octanol–water partition coefficient (Wildman–Crippen LogP) is 2.03. The molecular weight excluding hydrogens is 244 g/mol. The molecule has 3 N–H and O–H groups in total. The maximum atomic E-state index is 11.4. The van der Waals surface area contributed by atoms with Crippen LogP contribution in [0.3, 0.4) is 0 Å². The third-order valence-electron chi connectivity index (χ3n) is 3.78. The first-order valence-corrected chi connectivity index (χ1v) is 6.34. The molecule has 2 unspecified atom stereocenters. The van der Waals surface area contributed by atoms with E-state index < -0.39 is 0 Å². The number of carbonyl (C=O) groups is 1. The highest BCUT2D eigenvalue weighted by atomic mass is 16.5. The molecule has 5 nitrogen and oxygen atoms in total. The molecule has 104 valence electrons. The number of hydrogen-bond acceptors (Lipinski definition) is 5. The monoisotopic (exact) mass is 264 g/mol. The van der Waals surface area contributed by atoms with Gasteiger partial charge in [-0.1, -0.05) is 0 Å². The lowest BCUT2D eigenvalue weighted by Gasteiger charge is -2.30. The molecule has 1 saturated heterocycles. The number of nitrogen functional groups attached to an aromatic ring is 1. The van der Waals surface area contributed by atoms with Crippen LogP contribution in [0.15, 0.2) is 18.2 Å². The van der Waals surface area contributed by atoms with E-state index in [4.69, 9.17) is 10.5 Å². The molecule has 1 aliphatic heterocycles. The first kappa shape index (κ1) is 13.7. The van der Waals surface area contributed by atoms with Gasteiger partial charge in [-0.3, -0.25) is 0 Å². The number of benzene rings is 1. The van der Waals surface area contributed by atoms with Crippen molar-refractivity contribution >= 4 is 17.3 Å². The van der Waals surface area contributed by atoms with E-state index in [0.717, 1.165) is 18.7 Å². The van der Waals surface area contributed by atoms with Gasteiger partial charge in [-0.2, -0.15) is 0 Å². The number of rotatable bonds is 3. The van der Waals surface area contributed by atoms with Gasteiger partial charge in [0, 0.05) is 6.61 Å². The SMILES string of the molecule is COC(=O)c1ccc(NC2(C)CCOC2C)c(N)c1. The first-order valence-electron chi connectivity index (χ1n) is 6.34. The summed E-state index contributed by atoms with van der Waals surface area (Å²) in [5.41, 5.74) is 7.64. The van der Waals surface area contributed by atoms with Crippen molar-refractivity contribution in [1.82, 2.24) is 0 Å². The molecular formula is C14H20N2O3. The van der Waals surface area contributed by atoms with Crippen molar-refractivity contribution in [3.8, 4) is 0 Å². The van der Waals surface area contributed by atoms with Crippen LogP contribution in [0.4, 0.5) is 11.4 Å². The summed E-state index contributed by atoms with van der Waals surface area (Å²) in [6.07, 6.45) is 1.04. The van der Waals surface area contributed by atoms with Crippen molar-refractivity contribution in [2.45, 2.75) is 31.9 Å². The molecule has 0 aliphatic carbocycles. The molecule has 5 heteroatoms. The minimum atomic E-state index is -0.387. The summed E-state index contributed by atoms with van der Waals surface area (Å²) in [4.78, 5) is 11.4. The Morgan fingerprint density at radius 1 is 1.58 bits per heavy atom. The fourth-order valence-electron chi connectivity index (χ4n) is 2.23. The second-order valence-electron chi connectivity index (χ2n) is 5.10. The number of ether oxygens (including phenoxy) is 2. The maximum Gasteiger partial charge on any atom is 0.337 e. The quantitative estimate of drug-likeness (QED) is 0.645. The molecule has 1 aromatic rings. The summed E-state index contributed by atoms with van der Waals surface area (Å²) in [5.74, 6) is -0.387. The summed E-state index contributed by atoms with van der Waals surface area (Å²) in [7, 11) is 1.35. The predicted molar refractivity (Wildman–Crippen MR) is 74.3 cm³/mol. The van der Waals surface area contributed by atoms with Gasteiger partial charge in [0.15, 0.2) is 0 Å². The number of nitrogens with one attached hydrogen (secondary N) is 1. The lowest BCUT2D eigenvalue weighted by atomic mass is 9.94. The summed E-state index contributed by atoms with van der Waals surface area (Å²) in [6, 6.07) is 5.13. The van der Waals surface area contributed by atoms with Crippen LogP contribution in [0.5, 0.6) is 0 Å². The lowest BCUT2D eigenvalue weighted by molar-refractivity contribution is 0.0601. The Morgan fingerprint density at radius 3 is 2.84 bits per heavy atom. The van der Waals surface area contributed by atoms with Gasteiger partial charge in [-0.05, 0) is 38.5 Å². The van der Waals surface area contributed by atoms with Crippen LogP contribution in [0.1, 0.15) is 30.6 Å². The van der Waals surface area contributed by atoms with E-state index in [1.54, 1.807) is 18.2 Å². The molecule has 1 fully saturated rings. The topological polar surface area (TPSA) is 73.6 Å². The minimum Gasteiger partial charge on any atom is -0.465 e. The Balaban J connectivity index is 2.20. The third-order valence-corrected chi connectivity index (χ3v) is 3.78. The Hall–Kier alpha value is -1.75. The van der Waals surface area contributed by atoms with Gasteiger partial charge in [-0.25, -0.2) is 4.79 Å². The average Bonchev–Trinajstić information content (AvgIpc) is 2.71. The molecule has 0 spiro atoms. The largest absolute Gasteiger partial charge is 0.465 e. The van der Waals surface area contributed by atoms with Crippen molar-refractivity contribution in [3.05, 3.63) is 23.8 Å². The van der Waals surface area contributed by atoms with Gasteiger partial charge >= 0.3 is 5.97 Å². The van der Waals surface area contributed by atoms with Crippen LogP contribution in [-0.2, 0) is 9.47 Å². The number of esters is 1. The molecule has 0 amide bonds. The zero-order valence-electron chi connectivity index (χ0n) is 11.5. The van der Waals surface area contributed by atoms with Crippen LogP contribution in [0.2, 0.25) is 0 Å².